The number of carbonyl (C=O) groups is 2. The van der Waals surface area contributed by atoms with Crippen molar-refractivity contribution in [2.75, 3.05) is 10.6 Å². The zero-order valence-corrected chi connectivity index (χ0v) is 18.1. The van der Waals surface area contributed by atoms with Crippen molar-refractivity contribution in [3.63, 3.8) is 0 Å². The normalized spacial score (nSPS) is 11.4. The van der Waals surface area contributed by atoms with Crippen LogP contribution in [0.25, 0.3) is 4.96 Å². The summed E-state index contributed by atoms with van der Waals surface area (Å²) in [7, 11) is 0. The molecule has 2 aromatic heterocycles. The molecule has 0 spiro atoms. The second kappa shape index (κ2) is 8.71. The van der Waals surface area contributed by atoms with Gasteiger partial charge in [0.25, 0.3) is 17.4 Å². The molecule has 2 N–H and O–H groups in total. The first-order chi connectivity index (χ1) is 16.0. The van der Waals surface area contributed by atoms with Crippen LogP contribution >= 0.6 is 11.3 Å². The Bertz CT molecular complexity index is 1480. The van der Waals surface area contributed by atoms with Crippen molar-refractivity contribution in [1.82, 2.24) is 9.38 Å². The van der Waals surface area contributed by atoms with Crippen LogP contribution in [0.1, 0.15) is 31.4 Å². The molecule has 2 amide bonds. The molecule has 0 bridgehead atoms. The summed E-state index contributed by atoms with van der Waals surface area (Å²) < 4.78 is 53.2. The third-order valence-electron chi connectivity index (χ3n) is 4.62. The molecular formula is C22H14F4N4O3S. The van der Waals surface area contributed by atoms with Crippen LogP contribution in [0.2, 0.25) is 0 Å². The van der Waals surface area contributed by atoms with E-state index in [0.717, 1.165) is 52.1 Å². The van der Waals surface area contributed by atoms with Crippen LogP contribution in [-0.4, -0.2) is 21.2 Å². The Kier molecular flexibility index (Phi) is 5.92. The van der Waals surface area contributed by atoms with E-state index in [9.17, 15) is 31.9 Å². The van der Waals surface area contributed by atoms with Gasteiger partial charge in [0, 0.05) is 23.1 Å². The minimum atomic E-state index is -4.63. The maximum atomic E-state index is 13.2. The fourth-order valence-corrected chi connectivity index (χ4v) is 4.20. The van der Waals surface area contributed by atoms with Gasteiger partial charge in [-0.15, -0.1) is 0 Å². The lowest BCUT2D eigenvalue weighted by molar-refractivity contribution is -0.137. The molecule has 2 heterocycles. The first-order valence-corrected chi connectivity index (χ1v) is 10.4. The first-order valence-electron chi connectivity index (χ1n) is 9.61. The summed E-state index contributed by atoms with van der Waals surface area (Å²) in [5.74, 6) is -2.29. The lowest BCUT2D eigenvalue weighted by Gasteiger charge is -2.11. The number of anilines is 2. The summed E-state index contributed by atoms with van der Waals surface area (Å²) in [6.45, 7) is 1.56. The standard InChI is InChI=1S/C22H14F4N4O3S/c1-11-9-16(31)30-17(19(32)29-15-4-2-3-12(10-15)22(24,25)26)18(34-21(30)27-11)20(33)28-14-7-5-13(23)6-8-14/h2-10H,1H3,(H,28,33)(H,29,32). The number of aryl methyl sites for hydroxylation is 1. The fraction of sp³-hybridized carbons (Fsp3) is 0.0909. The Hall–Kier alpha value is -4.06. The first kappa shape index (κ1) is 23.1. The van der Waals surface area contributed by atoms with Crippen LogP contribution in [-0.2, 0) is 6.18 Å². The lowest BCUT2D eigenvalue weighted by atomic mass is 10.2. The number of rotatable bonds is 4. The van der Waals surface area contributed by atoms with Crippen molar-refractivity contribution in [1.29, 1.82) is 0 Å². The zero-order chi connectivity index (χ0) is 24.6. The van der Waals surface area contributed by atoms with Crippen LogP contribution in [0.5, 0.6) is 0 Å². The number of nitrogens with zero attached hydrogens (tertiary/aromatic N) is 2. The number of fused-ring (bicyclic) bond motifs is 1. The molecule has 4 rings (SSSR count). The van der Waals surface area contributed by atoms with E-state index in [0.29, 0.717) is 5.69 Å². The van der Waals surface area contributed by atoms with E-state index < -0.39 is 40.6 Å². The monoisotopic (exact) mass is 490 g/mol. The van der Waals surface area contributed by atoms with Crippen LogP contribution in [0.4, 0.5) is 28.9 Å². The van der Waals surface area contributed by atoms with E-state index in [1.54, 1.807) is 6.92 Å². The average molecular weight is 490 g/mol. The average Bonchev–Trinajstić information content (AvgIpc) is 3.15. The Morgan fingerprint density at radius 3 is 2.32 bits per heavy atom. The van der Waals surface area contributed by atoms with Gasteiger partial charge < -0.3 is 10.6 Å². The number of alkyl halides is 3. The molecule has 174 valence electrons. The Morgan fingerprint density at radius 1 is 0.971 bits per heavy atom. The Balaban J connectivity index is 1.77. The third kappa shape index (κ3) is 4.66. The lowest BCUT2D eigenvalue weighted by Crippen LogP contribution is -2.25. The smallest absolute Gasteiger partial charge is 0.321 e. The maximum absolute atomic E-state index is 13.2. The molecule has 2 aromatic carbocycles. The predicted octanol–water partition coefficient (Wildman–Crippen LogP) is 4.73. The van der Waals surface area contributed by atoms with Gasteiger partial charge in [-0.05, 0) is 49.4 Å². The molecule has 0 saturated carbocycles. The van der Waals surface area contributed by atoms with Crippen LogP contribution in [0.15, 0.2) is 59.4 Å². The number of hydrogen-bond donors (Lipinski definition) is 2. The molecule has 34 heavy (non-hydrogen) atoms. The van der Waals surface area contributed by atoms with Crippen molar-refractivity contribution < 1.29 is 27.2 Å². The number of hydrogen-bond acceptors (Lipinski definition) is 5. The molecule has 0 aliphatic rings. The van der Waals surface area contributed by atoms with Crippen LogP contribution < -0.4 is 16.2 Å². The minimum Gasteiger partial charge on any atom is -0.321 e. The van der Waals surface area contributed by atoms with Gasteiger partial charge in [0.05, 0.1) is 5.56 Å². The van der Waals surface area contributed by atoms with E-state index in [1.165, 1.54) is 18.2 Å². The molecule has 0 aliphatic carbocycles. The van der Waals surface area contributed by atoms with Gasteiger partial charge in [-0.1, -0.05) is 17.4 Å². The maximum Gasteiger partial charge on any atom is 0.416 e. The Morgan fingerprint density at radius 2 is 1.65 bits per heavy atom. The SMILES string of the molecule is Cc1cc(=O)n2c(C(=O)Nc3cccc(C(F)(F)F)c3)c(C(=O)Nc3ccc(F)cc3)sc2n1. The topological polar surface area (TPSA) is 92.6 Å². The van der Waals surface area contributed by atoms with Crippen molar-refractivity contribution in [3.05, 3.63) is 92.6 Å². The van der Waals surface area contributed by atoms with Crippen LogP contribution in [0, 0.1) is 12.7 Å². The van der Waals surface area contributed by atoms with E-state index in [4.69, 9.17) is 0 Å². The van der Waals surface area contributed by atoms with Crippen LogP contribution in [0.3, 0.4) is 0 Å². The summed E-state index contributed by atoms with van der Waals surface area (Å²) in [5, 5.41) is 4.81. The van der Waals surface area contributed by atoms with E-state index >= 15 is 0 Å². The van der Waals surface area contributed by atoms with Gasteiger partial charge in [0.2, 0.25) is 0 Å². The van der Waals surface area contributed by atoms with Gasteiger partial charge >= 0.3 is 6.18 Å². The summed E-state index contributed by atoms with van der Waals surface area (Å²) >= 11 is 0.754. The highest BCUT2D eigenvalue weighted by molar-refractivity contribution is 7.19. The van der Waals surface area contributed by atoms with Crippen molar-refractivity contribution in [2.24, 2.45) is 0 Å². The molecule has 0 radical (unpaired) electrons. The predicted molar refractivity (Wildman–Crippen MR) is 118 cm³/mol. The Labute approximate surface area is 192 Å². The van der Waals surface area contributed by atoms with E-state index in [2.05, 4.69) is 15.6 Å². The second-order valence-corrected chi connectivity index (χ2v) is 8.10. The quantitative estimate of drug-likeness (QED) is 0.405. The number of carbonyl (C=O) groups excluding carboxylic acids is 2. The summed E-state index contributed by atoms with van der Waals surface area (Å²) in [6.07, 6.45) is -4.63. The molecule has 0 saturated heterocycles. The highest BCUT2D eigenvalue weighted by Gasteiger charge is 2.31. The van der Waals surface area contributed by atoms with E-state index in [1.807, 2.05) is 0 Å². The molecule has 0 aliphatic heterocycles. The number of benzene rings is 2. The number of thiazole rings is 1. The largest absolute Gasteiger partial charge is 0.416 e. The van der Waals surface area contributed by atoms with Gasteiger partial charge in [0.1, 0.15) is 16.4 Å². The summed E-state index contributed by atoms with van der Waals surface area (Å²) in [4.78, 5) is 42.7. The van der Waals surface area contributed by atoms with Gasteiger partial charge in [0.15, 0.2) is 4.96 Å². The van der Waals surface area contributed by atoms with Crippen molar-refractivity contribution in [2.45, 2.75) is 13.1 Å². The number of nitrogens with one attached hydrogen (secondary N) is 2. The number of aromatic nitrogens is 2. The van der Waals surface area contributed by atoms with Crippen molar-refractivity contribution >= 4 is 39.5 Å². The second-order valence-electron chi connectivity index (χ2n) is 7.13. The highest BCUT2D eigenvalue weighted by Crippen LogP contribution is 2.31. The molecular weight excluding hydrogens is 476 g/mol. The molecule has 4 aromatic rings. The summed E-state index contributed by atoms with van der Waals surface area (Å²) in [5.41, 5.74) is -1.63. The molecule has 0 unspecified atom stereocenters. The third-order valence-corrected chi connectivity index (χ3v) is 5.66. The van der Waals surface area contributed by atoms with Crippen molar-refractivity contribution in [3.8, 4) is 0 Å². The van der Waals surface area contributed by atoms with Gasteiger partial charge in [-0.2, -0.15) is 13.2 Å². The molecule has 12 heteroatoms. The van der Waals surface area contributed by atoms with E-state index in [-0.39, 0.29) is 21.2 Å². The number of amides is 2. The molecule has 7 nitrogen and oxygen atoms in total. The van der Waals surface area contributed by atoms with Gasteiger partial charge in [-0.25, -0.2) is 13.8 Å². The fourth-order valence-electron chi connectivity index (χ4n) is 3.13. The zero-order valence-electron chi connectivity index (χ0n) is 17.2. The highest BCUT2D eigenvalue weighted by atomic mass is 32.1. The van der Waals surface area contributed by atoms with Gasteiger partial charge in [-0.3, -0.25) is 14.4 Å². The number of halogens is 4. The minimum absolute atomic E-state index is 0.0449. The summed E-state index contributed by atoms with van der Waals surface area (Å²) in [6, 6.07) is 9.94. The molecule has 0 fully saturated rings. The molecule has 0 atom stereocenters.